The van der Waals surface area contributed by atoms with Gasteiger partial charge in [-0.05, 0) is 19.3 Å². The summed E-state index contributed by atoms with van der Waals surface area (Å²) in [4.78, 5) is 8.80. The molecular weight excluding hydrogens is 232 g/mol. The monoisotopic (exact) mass is 250 g/mol. The minimum Gasteiger partial charge on any atom is -0.389 e. The Labute approximate surface area is 106 Å². The molecule has 2 aromatic heterocycles. The van der Waals surface area contributed by atoms with Gasteiger partial charge in [-0.2, -0.15) is 0 Å². The topological polar surface area (TPSA) is 56.7 Å². The summed E-state index contributed by atoms with van der Waals surface area (Å²) in [6, 6.07) is 0. The third-order valence-electron chi connectivity index (χ3n) is 2.58. The molecule has 92 valence electrons. The van der Waals surface area contributed by atoms with Crippen LogP contribution in [0.15, 0.2) is 12.5 Å². The first-order valence-corrected chi connectivity index (χ1v) is 6.83. The predicted molar refractivity (Wildman–Crippen MR) is 72.0 cm³/mol. The molecule has 0 fully saturated rings. The van der Waals surface area contributed by atoms with E-state index in [9.17, 15) is 0 Å². The second-order valence-corrected chi connectivity index (χ2v) is 5.16. The minimum atomic E-state index is 0.798. The SMILES string of the molecule is CCCc1nc(-c2cncn2CCC)c(N)s1. The van der Waals surface area contributed by atoms with E-state index < -0.39 is 0 Å². The molecule has 0 saturated carbocycles. The van der Waals surface area contributed by atoms with Gasteiger partial charge in [0, 0.05) is 6.54 Å². The Morgan fingerprint density at radius 3 is 2.88 bits per heavy atom. The fourth-order valence-corrected chi connectivity index (χ4v) is 2.76. The van der Waals surface area contributed by atoms with Crippen molar-refractivity contribution in [3.05, 3.63) is 17.5 Å². The van der Waals surface area contributed by atoms with E-state index >= 15 is 0 Å². The number of thiazole rings is 1. The fourth-order valence-electron chi connectivity index (χ4n) is 1.82. The van der Waals surface area contributed by atoms with Crippen LogP contribution in [0.25, 0.3) is 11.4 Å². The molecule has 2 N–H and O–H groups in total. The summed E-state index contributed by atoms with van der Waals surface area (Å²) in [5, 5.41) is 1.91. The Morgan fingerprint density at radius 2 is 2.18 bits per heavy atom. The number of rotatable bonds is 5. The Morgan fingerprint density at radius 1 is 1.35 bits per heavy atom. The number of anilines is 1. The van der Waals surface area contributed by atoms with Gasteiger partial charge < -0.3 is 10.3 Å². The lowest BCUT2D eigenvalue weighted by Gasteiger charge is -2.04. The molecule has 0 amide bonds. The summed E-state index contributed by atoms with van der Waals surface area (Å²) in [5.74, 6) is 0. The maximum atomic E-state index is 6.04. The summed E-state index contributed by atoms with van der Waals surface area (Å²) in [6.45, 7) is 5.25. The quantitative estimate of drug-likeness (QED) is 0.887. The van der Waals surface area contributed by atoms with Crippen molar-refractivity contribution < 1.29 is 0 Å². The predicted octanol–water partition coefficient (Wildman–Crippen LogP) is 2.95. The highest BCUT2D eigenvalue weighted by Gasteiger charge is 2.13. The first-order chi connectivity index (χ1) is 8.26. The van der Waals surface area contributed by atoms with Crippen molar-refractivity contribution in [3.8, 4) is 11.4 Å². The summed E-state index contributed by atoms with van der Waals surface area (Å²) < 4.78 is 2.11. The number of nitrogen functional groups attached to an aromatic ring is 1. The lowest BCUT2D eigenvalue weighted by molar-refractivity contribution is 0.683. The van der Waals surface area contributed by atoms with E-state index in [-0.39, 0.29) is 0 Å². The molecular formula is C12H18N4S. The zero-order valence-electron chi connectivity index (χ0n) is 10.3. The van der Waals surface area contributed by atoms with E-state index in [4.69, 9.17) is 5.73 Å². The Balaban J connectivity index is 2.34. The van der Waals surface area contributed by atoms with Gasteiger partial charge in [0.2, 0.25) is 0 Å². The number of hydrogen-bond acceptors (Lipinski definition) is 4. The molecule has 0 atom stereocenters. The summed E-state index contributed by atoms with van der Waals surface area (Å²) in [6.07, 6.45) is 6.86. The van der Waals surface area contributed by atoms with Gasteiger partial charge in [0.1, 0.15) is 10.7 Å². The minimum absolute atomic E-state index is 0.798. The molecule has 0 aliphatic heterocycles. The van der Waals surface area contributed by atoms with Gasteiger partial charge >= 0.3 is 0 Å². The van der Waals surface area contributed by atoms with Gasteiger partial charge in [-0.15, -0.1) is 11.3 Å². The fraction of sp³-hybridized carbons (Fsp3) is 0.500. The number of aromatic nitrogens is 3. The van der Waals surface area contributed by atoms with E-state index in [1.165, 1.54) is 0 Å². The van der Waals surface area contributed by atoms with Gasteiger partial charge in [0.25, 0.3) is 0 Å². The number of nitrogens with two attached hydrogens (primary N) is 1. The molecule has 4 nitrogen and oxygen atoms in total. The van der Waals surface area contributed by atoms with Gasteiger partial charge in [0.15, 0.2) is 0 Å². The van der Waals surface area contributed by atoms with E-state index in [0.29, 0.717) is 0 Å². The highest BCUT2D eigenvalue weighted by atomic mass is 32.1. The van der Waals surface area contributed by atoms with Crippen LogP contribution in [0.3, 0.4) is 0 Å². The first-order valence-electron chi connectivity index (χ1n) is 6.02. The maximum absolute atomic E-state index is 6.04. The van der Waals surface area contributed by atoms with Crippen LogP contribution in [0.1, 0.15) is 31.7 Å². The molecule has 0 aromatic carbocycles. The van der Waals surface area contributed by atoms with Gasteiger partial charge in [-0.1, -0.05) is 13.8 Å². The van der Waals surface area contributed by atoms with E-state index in [1.807, 2.05) is 12.5 Å². The van der Waals surface area contributed by atoms with Crippen LogP contribution in [-0.4, -0.2) is 14.5 Å². The van der Waals surface area contributed by atoms with Crippen LogP contribution >= 0.6 is 11.3 Å². The molecule has 5 heteroatoms. The molecule has 2 aromatic rings. The molecule has 2 heterocycles. The molecule has 0 spiro atoms. The summed E-state index contributed by atoms with van der Waals surface area (Å²) >= 11 is 1.59. The van der Waals surface area contributed by atoms with E-state index in [2.05, 4.69) is 28.4 Å². The lowest BCUT2D eigenvalue weighted by atomic mass is 10.3. The van der Waals surface area contributed by atoms with Crippen molar-refractivity contribution in [2.45, 2.75) is 39.7 Å². The van der Waals surface area contributed by atoms with Crippen molar-refractivity contribution in [3.63, 3.8) is 0 Å². The average molecular weight is 250 g/mol. The summed E-state index contributed by atoms with van der Waals surface area (Å²) in [5.41, 5.74) is 7.97. The van der Waals surface area contributed by atoms with Crippen LogP contribution in [0.5, 0.6) is 0 Å². The third-order valence-corrected chi connectivity index (χ3v) is 3.53. The Bertz CT molecular complexity index is 486. The van der Waals surface area contributed by atoms with Crippen molar-refractivity contribution >= 4 is 16.3 Å². The van der Waals surface area contributed by atoms with Gasteiger partial charge in [-0.25, -0.2) is 9.97 Å². The molecule has 0 radical (unpaired) electrons. The number of nitrogens with zero attached hydrogens (tertiary/aromatic N) is 3. The second-order valence-electron chi connectivity index (χ2n) is 4.04. The third kappa shape index (κ3) is 2.49. The van der Waals surface area contributed by atoms with Crippen LogP contribution < -0.4 is 5.73 Å². The second kappa shape index (κ2) is 5.31. The van der Waals surface area contributed by atoms with Crippen molar-refractivity contribution in [1.29, 1.82) is 0 Å². The maximum Gasteiger partial charge on any atom is 0.123 e. The Kier molecular flexibility index (Phi) is 3.78. The zero-order valence-corrected chi connectivity index (χ0v) is 11.1. The molecule has 0 saturated heterocycles. The molecule has 0 aliphatic carbocycles. The van der Waals surface area contributed by atoms with Crippen molar-refractivity contribution in [2.75, 3.05) is 5.73 Å². The highest BCUT2D eigenvalue weighted by molar-refractivity contribution is 7.16. The van der Waals surface area contributed by atoms with Crippen LogP contribution in [0.4, 0.5) is 5.00 Å². The standard InChI is InChI=1S/C12H18N4S/c1-3-5-10-15-11(12(13)17-10)9-7-14-8-16(9)6-4-2/h7-8H,3-6,13H2,1-2H3. The van der Waals surface area contributed by atoms with Crippen LogP contribution in [0.2, 0.25) is 0 Å². The van der Waals surface area contributed by atoms with Crippen molar-refractivity contribution in [1.82, 2.24) is 14.5 Å². The number of aryl methyl sites for hydroxylation is 2. The lowest BCUT2D eigenvalue weighted by Crippen LogP contribution is -1.99. The molecule has 0 unspecified atom stereocenters. The van der Waals surface area contributed by atoms with Gasteiger partial charge in [-0.3, -0.25) is 0 Å². The highest BCUT2D eigenvalue weighted by Crippen LogP contribution is 2.31. The Hall–Kier alpha value is -1.36. The first kappa shape index (κ1) is 12.1. The van der Waals surface area contributed by atoms with Crippen LogP contribution in [-0.2, 0) is 13.0 Å². The van der Waals surface area contributed by atoms with Crippen molar-refractivity contribution in [2.24, 2.45) is 0 Å². The largest absolute Gasteiger partial charge is 0.389 e. The van der Waals surface area contributed by atoms with E-state index in [1.54, 1.807) is 11.3 Å². The summed E-state index contributed by atoms with van der Waals surface area (Å²) in [7, 11) is 0. The van der Waals surface area contributed by atoms with Crippen LogP contribution in [0, 0.1) is 0 Å². The van der Waals surface area contributed by atoms with Gasteiger partial charge in [0.05, 0.1) is 23.2 Å². The average Bonchev–Trinajstić information content (AvgIpc) is 2.86. The molecule has 17 heavy (non-hydrogen) atoms. The molecule has 2 rings (SSSR count). The molecule has 0 bridgehead atoms. The number of hydrogen-bond donors (Lipinski definition) is 1. The zero-order chi connectivity index (χ0) is 12.3. The van der Waals surface area contributed by atoms with E-state index in [0.717, 1.165) is 47.2 Å². The number of imidazole rings is 1. The normalized spacial score (nSPS) is 10.9. The smallest absolute Gasteiger partial charge is 0.123 e. The molecule has 0 aliphatic rings.